The smallest absolute Gasteiger partial charge is 0.128 e. The molecule has 1 N–H and O–H groups in total. The number of hydrogen-bond acceptors (Lipinski definition) is 3. The lowest BCUT2D eigenvalue weighted by atomic mass is 10.1. The van der Waals surface area contributed by atoms with Crippen LogP contribution in [0, 0.1) is 13.8 Å². The molecule has 0 aliphatic carbocycles. The Morgan fingerprint density at radius 2 is 2.20 bits per heavy atom. The highest BCUT2D eigenvalue weighted by atomic mass is 79.9. The van der Waals surface area contributed by atoms with Crippen LogP contribution in [0.3, 0.4) is 0 Å². The van der Waals surface area contributed by atoms with Crippen LogP contribution in [-0.4, -0.2) is 24.0 Å². The number of methoxy groups -OCH3 is 1. The van der Waals surface area contributed by atoms with Crippen molar-refractivity contribution in [1.29, 1.82) is 0 Å². The van der Waals surface area contributed by atoms with Crippen LogP contribution in [0.2, 0.25) is 0 Å². The first kappa shape index (κ1) is 12.5. The monoisotopic (exact) mass is 272 g/mol. The van der Waals surface area contributed by atoms with E-state index in [0.717, 1.165) is 41.0 Å². The topological polar surface area (TPSA) is 34.1 Å². The highest BCUT2D eigenvalue weighted by molar-refractivity contribution is 9.09. The van der Waals surface area contributed by atoms with Crippen LogP contribution in [-0.2, 0) is 6.54 Å². The summed E-state index contributed by atoms with van der Waals surface area (Å²) in [4.78, 5) is 4.40. The summed E-state index contributed by atoms with van der Waals surface area (Å²) in [5.41, 5.74) is 3.26. The van der Waals surface area contributed by atoms with Crippen molar-refractivity contribution in [2.24, 2.45) is 0 Å². The fourth-order valence-electron chi connectivity index (χ4n) is 1.52. The number of aromatic nitrogens is 1. The Morgan fingerprint density at radius 3 is 2.80 bits per heavy atom. The van der Waals surface area contributed by atoms with E-state index < -0.39 is 0 Å². The van der Waals surface area contributed by atoms with Crippen LogP contribution in [0.4, 0.5) is 0 Å². The van der Waals surface area contributed by atoms with Gasteiger partial charge in [0.15, 0.2) is 0 Å². The van der Waals surface area contributed by atoms with E-state index in [2.05, 4.69) is 26.2 Å². The van der Waals surface area contributed by atoms with Crippen molar-refractivity contribution >= 4 is 15.9 Å². The summed E-state index contributed by atoms with van der Waals surface area (Å²) in [6.07, 6.45) is 1.86. The number of nitrogens with zero attached hydrogens (tertiary/aromatic N) is 1. The van der Waals surface area contributed by atoms with Crippen LogP contribution >= 0.6 is 15.9 Å². The van der Waals surface area contributed by atoms with E-state index in [1.807, 2.05) is 20.0 Å². The normalized spacial score (nSPS) is 10.4. The molecule has 0 spiro atoms. The molecule has 15 heavy (non-hydrogen) atoms. The van der Waals surface area contributed by atoms with Gasteiger partial charge in [0.2, 0.25) is 0 Å². The summed E-state index contributed by atoms with van der Waals surface area (Å²) in [6, 6.07) is 0. The van der Waals surface area contributed by atoms with Crippen LogP contribution in [0.15, 0.2) is 6.20 Å². The number of rotatable bonds is 5. The van der Waals surface area contributed by atoms with Gasteiger partial charge in [0.1, 0.15) is 5.75 Å². The molecule has 0 aliphatic rings. The van der Waals surface area contributed by atoms with Gasteiger partial charge in [0, 0.05) is 35.7 Å². The maximum atomic E-state index is 5.35. The number of nitrogens with one attached hydrogen (secondary N) is 1. The highest BCUT2D eigenvalue weighted by Gasteiger charge is 2.08. The van der Waals surface area contributed by atoms with E-state index in [0.29, 0.717) is 0 Å². The molecule has 0 bridgehead atoms. The molecule has 0 saturated carbocycles. The van der Waals surface area contributed by atoms with Gasteiger partial charge in [-0.1, -0.05) is 15.9 Å². The summed E-state index contributed by atoms with van der Waals surface area (Å²) in [5, 5.41) is 4.25. The van der Waals surface area contributed by atoms with Crippen molar-refractivity contribution in [3.05, 3.63) is 23.0 Å². The molecule has 1 aromatic rings. The molecule has 0 radical (unpaired) electrons. The molecule has 0 amide bonds. The number of alkyl halides is 1. The third-order valence-corrected chi connectivity index (χ3v) is 2.71. The Balaban J connectivity index is 2.80. The predicted octanol–water partition coefficient (Wildman–Crippen LogP) is 2.19. The summed E-state index contributed by atoms with van der Waals surface area (Å²) in [7, 11) is 1.70. The van der Waals surface area contributed by atoms with Crippen molar-refractivity contribution in [3.8, 4) is 5.75 Å². The van der Waals surface area contributed by atoms with Crippen LogP contribution in [0.25, 0.3) is 0 Å². The number of ether oxygens (including phenoxy) is 1. The lowest BCUT2D eigenvalue weighted by Gasteiger charge is -2.12. The highest BCUT2D eigenvalue weighted by Crippen LogP contribution is 2.23. The van der Waals surface area contributed by atoms with Crippen LogP contribution in [0.5, 0.6) is 5.75 Å². The Bertz CT molecular complexity index is 329. The Labute approximate surface area is 99.4 Å². The molecule has 0 unspecified atom stereocenters. The number of halogens is 1. The average molecular weight is 273 g/mol. The van der Waals surface area contributed by atoms with Gasteiger partial charge in [-0.3, -0.25) is 4.98 Å². The Kier molecular flexibility index (Phi) is 5.05. The second-order valence-electron chi connectivity index (χ2n) is 3.41. The van der Waals surface area contributed by atoms with Gasteiger partial charge in [-0.05, 0) is 13.8 Å². The molecule has 0 aromatic carbocycles. The van der Waals surface area contributed by atoms with E-state index >= 15 is 0 Å². The van der Waals surface area contributed by atoms with Gasteiger partial charge in [0.25, 0.3) is 0 Å². The van der Waals surface area contributed by atoms with Crippen LogP contribution < -0.4 is 10.1 Å². The Morgan fingerprint density at radius 1 is 1.47 bits per heavy atom. The lowest BCUT2D eigenvalue weighted by Crippen LogP contribution is -2.17. The molecule has 0 saturated heterocycles. The zero-order valence-electron chi connectivity index (χ0n) is 9.43. The van der Waals surface area contributed by atoms with E-state index in [4.69, 9.17) is 4.74 Å². The summed E-state index contributed by atoms with van der Waals surface area (Å²) < 4.78 is 5.35. The maximum Gasteiger partial charge on any atom is 0.128 e. The molecule has 0 atom stereocenters. The van der Waals surface area contributed by atoms with E-state index in [1.54, 1.807) is 7.11 Å². The van der Waals surface area contributed by atoms with Gasteiger partial charge in [-0.25, -0.2) is 0 Å². The zero-order valence-corrected chi connectivity index (χ0v) is 11.0. The van der Waals surface area contributed by atoms with Crippen molar-refractivity contribution in [2.45, 2.75) is 20.4 Å². The standard InChI is InChI=1S/C11H17BrN2O/c1-8-6-14-10(7-13-5-4-12)9(2)11(8)15-3/h6,13H,4-5,7H2,1-3H3. The minimum absolute atomic E-state index is 0.786. The molecular formula is C11H17BrN2O. The van der Waals surface area contributed by atoms with Crippen molar-refractivity contribution < 1.29 is 4.74 Å². The minimum Gasteiger partial charge on any atom is -0.496 e. The van der Waals surface area contributed by atoms with Gasteiger partial charge in [0.05, 0.1) is 12.8 Å². The fourth-order valence-corrected chi connectivity index (χ4v) is 1.80. The largest absolute Gasteiger partial charge is 0.496 e. The molecule has 1 heterocycles. The summed E-state index contributed by atoms with van der Waals surface area (Å²) in [5.74, 6) is 0.945. The van der Waals surface area contributed by atoms with Gasteiger partial charge >= 0.3 is 0 Å². The molecule has 0 fully saturated rings. The first-order valence-electron chi connectivity index (χ1n) is 4.96. The molecular weight excluding hydrogens is 256 g/mol. The number of hydrogen-bond donors (Lipinski definition) is 1. The Hall–Kier alpha value is -0.610. The number of pyridine rings is 1. The maximum absolute atomic E-state index is 5.35. The minimum atomic E-state index is 0.786. The fraction of sp³-hybridized carbons (Fsp3) is 0.545. The van der Waals surface area contributed by atoms with E-state index in [1.165, 1.54) is 0 Å². The zero-order chi connectivity index (χ0) is 11.3. The van der Waals surface area contributed by atoms with Crippen molar-refractivity contribution in [2.75, 3.05) is 19.0 Å². The van der Waals surface area contributed by atoms with Crippen LogP contribution in [0.1, 0.15) is 16.8 Å². The molecule has 1 rings (SSSR count). The molecule has 1 aromatic heterocycles. The first-order valence-corrected chi connectivity index (χ1v) is 6.08. The SMILES string of the molecule is COc1c(C)cnc(CNCCBr)c1C. The van der Waals surface area contributed by atoms with Gasteiger partial charge in [-0.2, -0.15) is 0 Å². The summed E-state index contributed by atoms with van der Waals surface area (Å²) in [6.45, 7) is 5.78. The van der Waals surface area contributed by atoms with Crippen molar-refractivity contribution in [1.82, 2.24) is 10.3 Å². The van der Waals surface area contributed by atoms with Gasteiger partial charge in [-0.15, -0.1) is 0 Å². The molecule has 0 aliphatic heterocycles. The summed E-state index contributed by atoms with van der Waals surface area (Å²) >= 11 is 3.37. The van der Waals surface area contributed by atoms with Gasteiger partial charge < -0.3 is 10.1 Å². The molecule has 3 nitrogen and oxygen atoms in total. The second kappa shape index (κ2) is 6.08. The first-order chi connectivity index (χ1) is 7.20. The van der Waals surface area contributed by atoms with E-state index in [-0.39, 0.29) is 0 Å². The van der Waals surface area contributed by atoms with Crippen molar-refractivity contribution in [3.63, 3.8) is 0 Å². The second-order valence-corrected chi connectivity index (χ2v) is 4.20. The van der Waals surface area contributed by atoms with E-state index in [9.17, 15) is 0 Å². The predicted molar refractivity (Wildman–Crippen MR) is 65.8 cm³/mol. The molecule has 84 valence electrons. The third kappa shape index (κ3) is 3.18. The number of aryl methyl sites for hydroxylation is 1. The average Bonchev–Trinajstić information content (AvgIpc) is 2.22. The quantitative estimate of drug-likeness (QED) is 0.659. The molecule has 4 heteroatoms. The lowest BCUT2D eigenvalue weighted by molar-refractivity contribution is 0.406. The third-order valence-electron chi connectivity index (χ3n) is 2.31.